The first-order valence-electron chi connectivity index (χ1n) is 9.82. The van der Waals surface area contributed by atoms with Crippen molar-refractivity contribution in [2.45, 2.75) is 0 Å². The first kappa shape index (κ1) is 21.9. The van der Waals surface area contributed by atoms with E-state index in [-0.39, 0.29) is 34.4 Å². The second kappa shape index (κ2) is 9.15. The van der Waals surface area contributed by atoms with Gasteiger partial charge in [-0.2, -0.15) is 10.1 Å². The van der Waals surface area contributed by atoms with E-state index < -0.39 is 4.92 Å². The van der Waals surface area contributed by atoms with Crippen molar-refractivity contribution >= 4 is 52.1 Å². The Morgan fingerprint density at radius 2 is 1.77 bits per heavy atom. The largest absolute Gasteiger partial charge is 0.455 e. The van der Waals surface area contributed by atoms with E-state index in [4.69, 9.17) is 16.0 Å². The maximum absolute atomic E-state index is 13.2. The molecule has 0 aliphatic carbocycles. The van der Waals surface area contributed by atoms with E-state index in [1.54, 1.807) is 12.1 Å². The number of hydrazone groups is 1. The van der Waals surface area contributed by atoms with Crippen LogP contribution in [0, 0.1) is 15.9 Å². The minimum atomic E-state index is -0.519. The number of nitrogens with zero attached hydrogens (tertiary/aromatic N) is 6. The normalized spacial score (nSPS) is 11.3. The van der Waals surface area contributed by atoms with Crippen molar-refractivity contribution in [2.75, 3.05) is 10.7 Å². The van der Waals surface area contributed by atoms with Gasteiger partial charge in [0.05, 0.1) is 16.2 Å². The van der Waals surface area contributed by atoms with Crippen molar-refractivity contribution in [1.82, 2.24) is 20.3 Å². The molecule has 0 bridgehead atoms. The van der Waals surface area contributed by atoms with Crippen molar-refractivity contribution in [2.24, 2.45) is 5.10 Å². The van der Waals surface area contributed by atoms with E-state index in [1.165, 1.54) is 48.7 Å². The van der Waals surface area contributed by atoms with Gasteiger partial charge in [-0.3, -0.25) is 15.5 Å². The summed E-state index contributed by atoms with van der Waals surface area (Å²) in [6.45, 7) is 0. The lowest BCUT2D eigenvalue weighted by Gasteiger charge is -2.09. The molecule has 0 amide bonds. The third-order valence-electron chi connectivity index (χ3n) is 4.64. The van der Waals surface area contributed by atoms with Gasteiger partial charge in [0.15, 0.2) is 11.6 Å². The molecule has 0 aliphatic heterocycles. The predicted octanol–water partition coefficient (Wildman–Crippen LogP) is 5.16. The van der Waals surface area contributed by atoms with Crippen molar-refractivity contribution in [3.05, 3.63) is 81.3 Å². The fraction of sp³-hybridized carbons (Fsp3) is 0. The Kier molecular flexibility index (Phi) is 5.73. The molecule has 14 heteroatoms. The maximum atomic E-state index is 13.2. The zero-order valence-electron chi connectivity index (χ0n) is 17.3. The van der Waals surface area contributed by atoms with E-state index in [2.05, 4.69) is 40.8 Å². The van der Waals surface area contributed by atoms with Gasteiger partial charge in [0.2, 0.25) is 11.3 Å². The number of non-ortho nitro benzene ring substituents is 1. The van der Waals surface area contributed by atoms with Crippen molar-refractivity contribution in [1.29, 1.82) is 0 Å². The molecule has 5 rings (SSSR count). The number of nitro groups is 1. The molecule has 12 nitrogen and oxygen atoms in total. The summed E-state index contributed by atoms with van der Waals surface area (Å²) in [5.41, 5.74) is 3.84. The minimum Gasteiger partial charge on any atom is -0.455 e. The number of anilines is 3. The highest BCUT2D eigenvalue weighted by Gasteiger charge is 2.15. The lowest BCUT2D eigenvalue weighted by molar-refractivity contribution is -0.384. The van der Waals surface area contributed by atoms with E-state index in [9.17, 15) is 14.5 Å². The molecule has 0 spiro atoms. The van der Waals surface area contributed by atoms with Gasteiger partial charge < -0.3 is 9.73 Å². The third kappa shape index (κ3) is 4.74. The van der Waals surface area contributed by atoms with Crippen LogP contribution in [-0.2, 0) is 0 Å². The Bertz CT molecular complexity index is 1570. The molecule has 2 aromatic carbocycles. The summed E-state index contributed by atoms with van der Waals surface area (Å²) < 4.78 is 23.6. The van der Waals surface area contributed by atoms with Crippen LogP contribution in [-0.4, -0.2) is 31.4 Å². The highest BCUT2D eigenvalue weighted by atomic mass is 35.5. The van der Waals surface area contributed by atoms with Crippen LogP contribution in [0.15, 0.2) is 68.7 Å². The number of hydrogen-bond donors (Lipinski definition) is 2. The predicted molar refractivity (Wildman–Crippen MR) is 124 cm³/mol. The number of nitrogens with one attached hydrogen (secondary N) is 2. The molecule has 0 fully saturated rings. The average molecular weight is 495 g/mol. The molecule has 0 saturated heterocycles. The van der Waals surface area contributed by atoms with Crippen LogP contribution in [0.1, 0.15) is 5.76 Å². The molecule has 0 saturated carbocycles. The smallest absolute Gasteiger partial charge is 0.270 e. The number of hydrogen-bond acceptors (Lipinski definition) is 11. The average Bonchev–Trinajstić information content (AvgIpc) is 3.50. The number of benzene rings is 2. The Morgan fingerprint density at radius 3 is 2.51 bits per heavy atom. The molecule has 174 valence electrons. The third-order valence-corrected chi connectivity index (χ3v) is 4.97. The lowest BCUT2D eigenvalue weighted by Crippen LogP contribution is -2.03. The van der Waals surface area contributed by atoms with Crippen molar-refractivity contribution in [3.8, 4) is 11.3 Å². The number of nitro benzene ring substituents is 1. The Hall–Kier alpha value is -4.91. The van der Waals surface area contributed by atoms with E-state index in [1.807, 2.05) is 0 Å². The van der Waals surface area contributed by atoms with Gasteiger partial charge in [-0.1, -0.05) is 11.6 Å². The van der Waals surface area contributed by atoms with E-state index in [0.717, 1.165) is 0 Å². The molecule has 3 aromatic heterocycles. The second-order valence-electron chi connectivity index (χ2n) is 6.96. The number of aromatic nitrogens is 4. The fourth-order valence-corrected chi connectivity index (χ4v) is 3.22. The standard InChI is InChI=1S/C21H12ClFN8O4/c22-16-7-5-13(31(32)33)9-15(16)17-8-6-14(34-17)10-24-28-19-18(25-12-3-1-11(23)2-4-12)26-20-21(27-19)30-35-29-20/h1-10H,(H,25,26,29)(H,27,28,30). The molecule has 0 atom stereocenters. The molecule has 35 heavy (non-hydrogen) atoms. The van der Waals surface area contributed by atoms with Gasteiger partial charge in [0, 0.05) is 23.4 Å². The monoisotopic (exact) mass is 494 g/mol. The van der Waals surface area contributed by atoms with Crippen molar-refractivity contribution < 1.29 is 18.4 Å². The van der Waals surface area contributed by atoms with Gasteiger partial charge in [-0.05, 0) is 52.8 Å². The van der Waals surface area contributed by atoms with Crippen molar-refractivity contribution in [3.63, 3.8) is 0 Å². The number of rotatable bonds is 7. The number of furan rings is 1. The summed E-state index contributed by atoms with van der Waals surface area (Å²) in [6.07, 6.45) is 1.36. The quantitative estimate of drug-likeness (QED) is 0.176. The molecular formula is C21H12ClFN8O4. The van der Waals surface area contributed by atoms with Crippen LogP contribution in [0.4, 0.5) is 27.4 Å². The van der Waals surface area contributed by atoms with Gasteiger partial charge in [-0.15, -0.1) is 0 Å². The zero-order chi connectivity index (χ0) is 24.4. The van der Waals surface area contributed by atoms with Crippen LogP contribution >= 0.6 is 11.6 Å². The fourth-order valence-electron chi connectivity index (χ4n) is 3.01. The lowest BCUT2D eigenvalue weighted by atomic mass is 10.1. The molecule has 3 heterocycles. The second-order valence-corrected chi connectivity index (χ2v) is 7.36. The summed E-state index contributed by atoms with van der Waals surface area (Å²) in [5.74, 6) is 0.696. The molecular weight excluding hydrogens is 483 g/mol. The topological polar surface area (TPSA) is 157 Å². The van der Waals surface area contributed by atoms with E-state index in [0.29, 0.717) is 27.8 Å². The first-order valence-corrected chi connectivity index (χ1v) is 10.2. The number of fused-ring (bicyclic) bond motifs is 1. The summed E-state index contributed by atoms with van der Waals surface area (Å²) in [6, 6.07) is 12.9. The highest BCUT2D eigenvalue weighted by Crippen LogP contribution is 2.32. The molecule has 0 unspecified atom stereocenters. The maximum Gasteiger partial charge on any atom is 0.270 e. The molecule has 5 aromatic rings. The Morgan fingerprint density at radius 1 is 1.03 bits per heavy atom. The van der Waals surface area contributed by atoms with Crippen LogP contribution in [0.25, 0.3) is 22.6 Å². The van der Waals surface area contributed by atoms with Gasteiger partial charge in [-0.25, -0.2) is 14.0 Å². The van der Waals surface area contributed by atoms with Crippen LogP contribution in [0.5, 0.6) is 0 Å². The molecule has 0 radical (unpaired) electrons. The van der Waals surface area contributed by atoms with Gasteiger partial charge in [0.1, 0.15) is 17.3 Å². The van der Waals surface area contributed by atoms with Crippen LogP contribution in [0.2, 0.25) is 5.02 Å². The van der Waals surface area contributed by atoms with E-state index >= 15 is 0 Å². The minimum absolute atomic E-state index is 0.116. The highest BCUT2D eigenvalue weighted by molar-refractivity contribution is 6.33. The van der Waals surface area contributed by atoms with Gasteiger partial charge >= 0.3 is 0 Å². The Labute approximate surface area is 199 Å². The summed E-state index contributed by atoms with van der Waals surface area (Å²) in [7, 11) is 0. The first-order chi connectivity index (χ1) is 17.0. The summed E-state index contributed by atoms with van der Waals surface area (Å²) >= 11 is 6.17. The Balaban J connectivity index is 1.38. The summed E-state index contributed by atoms with van der Waals surface area (Å²) in [4.78, 5) is 19.1. The SMILES string of the molecule is O=[N+]([O-])c1ccc(Cl)c(-c2ccc(C=NNc3nc4nonc4nc3Nc3ccc(F)cc3)o2)c1. The van der Waals surface area contributed by atoms with Crippen LogP contribution < -0.4 is 10.7 Å². The van der Waals surface area contributed by atoms with Gasteiger partial charge in [0.25, 0.3) is 5.69 Å². The number of halogens is 2. The molecule has 0 aliphatic rings. The molecule has 2 N–H and O–H groups in total. The van der Waals surface area contributed by atoms with Crippen LogP contribution in [0.3, 0.4) is 0 Å². The zero-order valence-corrected chi connectivity index (χ0v) is 18.1. The summed E-state index contributed by atoms with van der Waals surface area (Å²) in [5, 5.41) is 25.8.